The van der Waals surface area contributed by atoms with Gasteiger partial charge in [-0.1, -0.05) is 48.5 Å². The van der Waals surface area contributed by atoms with E-state index in [9.17, 15) is 4.79 Å². The summed E-state index contributed by atoms with van der Waals surface area (Å²) in [5.41, 5.74) is 3.22. The standard InChI is InChI=1S/C19H20N2O2/c1-23-18-10-6-5-9-17(18)20-19(22)21-13-11-16(12-14-21)15-7-3-2-4-8-15/h2-11H,12-14H2,1H3,(H,20,22). The quantitative estimate of drug-likeness (QED) is 0.930. The number of nitrogens with zero attached hydrogens (tertiary/aromatic N) is 1. The van der Waals surface area contributed by atoms with Gasteiger partial charge in [-0.2, -0.15) is 0 Å². The third kappa shape index (κ3) is 3.54. The van der Waals surface area contributed by atoms with Crippen LogP contribution in [0.1, 0.15) is 12.0 Å². The van der Waals surface area contributed by atoms with Crippen LogP contribution in [0.2, 0.25) is 0 Å². The lowest BCUT2D eigenvalue weighted by Gasteiger charge is -2.27. The Morgan fingerprint density at radius 3 is 2.52 bits per heavy atom. The summed E-state index contributed by atoms with van der Waals surface area (Å²) in [6.45, 7) is 1.33. The summed E-state index contributed by atoms with van der Waals surface area (Å²) in [7, 11) is 1.60. The fourth-order valence-corrected chi connectivity index (χ4v) is 2.71. The van der Waals surface area contributed by atoms with Gasteiger partial charge in [0.25, 0.3) is 0 Å². The second-order valence-corrected chi connectivity index (χ2v) is 5.42. The van der Waals surface area contributed by atoms with E-state index in [1.54, 1.807) is 12.0 Å². The molecular formula is C19H20N2O2. The van der Waals surface area contributed by atoms with E-state index in [0.29, 0.717) is 24.5 Å². The van der Waals surface area contributed by atoms with Crippen LogP contribution in [-0.4, -0.2) is 31.1 Å². The van der Waals surface area contributed by atoms with Gasteiger partial charge in [-0.15, -0.1) is 0 Å². The van der Waals surface area contributed by atoms with Gasteiger partial charge in [0.2, 0.25) is 0 Å². The van der Waals surface area contributed by atoms with Crippen molar-refractivity contribution in [3.05, 3.63) is 66.2 Å². The predicted octanol–water partition coefficient (Wildman–Crippen LogP) is 4.02. The van der Waals surface area contributed by atoms with E-state index < -0.39 is 0 Å². The van der Waals surface area contributed by atoms with Crippen molar-refractivity contribution in [1.29, 1.82) is 0 Å². The van der Waals surface area contributed by atoms with Gasteiger partial charge in [-0.25, -0.2) is 4.79 Å². The molecule has 2 amide bonds. The number of anilines is 1. The number of rotatable bonds is 3. The summed E-state index contributed by atoms with van der Waals surface area (Å²) in [6, 6.07) is 17.6. The minimum absolute atomic E-state index is 0.0992. The Hall–Kier alpha value is -2.75. The Bertz CT molecular complexity index is 710. The summed E-state index contributed by atoms with van der Waals surface area (Å²) in [5, 5.41) is 2.92. The van der Waals surface area contributed by atoms with Crippen molar-refractivity contribution < 1.29 is 9.53 Å². The van der Waals surface area contributed by atoms with Crippen molar-refractivity contribution in [2.75, 3.05) is 25.5 Å². The number of ether oxygens (including phenoxy) is 1. The van der Waals surface area contributed by atoms with E-state index in [1.807, 2.05) is 42.5 Å². The number of carbonyl (C=O) groups is 1. The van der Waals surface area contributed by atoms with Crippen molar-refractivity contribution in [3.8, 4) is 5.75 Å². The SMILES string of the molecule is COc1ccccc1NC(=O)N1CC=C(c2ccccc2)CC1. The second-order valence-electron chi connectivity index (χ2n) is 5.42. The van der Waals surface area contributed by atoms with Gasteiger partial charge in [-0.3, -0.25) is 0 Å². The maximum Gasteiger partial charge on any atom is 0.322 e. The van der Waals surface area contributed by atoms with Gasteiger partial charge in [0.05, 0.1) is 12.8 Å². The number of carbonyl (C=O) groups excluding carboxylic acids is 1. The molecule has 1 aliphatic rings. The van der Waals surface area contributed by atoms with Crippen LogP contribution in [0.15, 0.2) is 60.7 Å². The smallest absolute Gasteiger partial charge is 0.322 e. The van der Waals surface area contributed by atoms with Crippen molar-refractivity contribution in [1.82, 2.24) is 4.90 Å². The highest BCUT2D eigenvalue weighted by Gasteiger charge is 2.18. The fraction of sp³-hybridized carbons (Fsp3) is 0.211. The van der Waals surface area contributed by atoms with Crippen LogP contribution in [0.25, 0.3) is 5.57 Å². The molecule has 4 heteroatoms. The largest absolute Gasteiger partial charge is 0.495 e. The lowest BCUT2D eigenvalue weighted by Crippen LogP contribution is -2.37. The zero-order valence-electron chi connectivity index (χ0n) is 13.2. The second kappa shape index (κ2) is 7.01. The molecule has 2 aromatic carbocycles. The zero-order valence-corrected chi connectivity index (χ0v) is 13.2. The predicted molar refractivity (Wildman–Crippen MR) is 92.6 cm³/mol. The Morgan fingerprint density at radius 2 is 1.83 bits per heavy atom. The highest BCUT2D eigenvalue weighted by atomic mass is 16.5. The average molecular weight is 308 g/mol. The molecule has 0 fully saturated rings. The van der Waals surface area contributed by atoms with Gasteiger partial charge in [-0.05, 0) is 29.7 Å². The van der Waals surface area contributed by atoms with Crippen LogP contribution in [-0.2, 0) is 0 Å². The normalized spacial score (nSPS) is 14.1. The Labute approximate surface area is 136 Å². The van der Waals surface area contributed by atoms with Crippen LogP contribution in [0.3, 0.4) is 0 Å². The molecule has 0 bridgehead atoms. The minimum Gasteiger partial charge on any atom is -0.495 e. The molecule has 23 heavy (non-hydrogen) atoms. The van der Waals surface area contributed by atoms with Crippen LogP contribution in [0.5, 0.6) is 5.75 Å². The van der Waals surface area contributed by atoms with E-state index in [0.717, 1.165) is 6.42 Å². The molecule has 2 aromatic rings. The molecule has 1 aliphatic heterocycles. The number of hydrogen-bond donors (Lipinski definition) is 1. The molecule has 0 atom stereocenters. The van der Waals surface area contributed by atoms with Crippen molar-refractivity contribution in [3.63, 3.8) is 0 Å². The van der Waals surface area contributed by atoms with E-state index in [-0.39, 0.29) is 6.03 Å². The summed E-state index contributed by atoms with van der Waals surface area (Å²) in [4.78, 5) is 14.2. The van der Waals surface area contributed by atoms with Crippen molar-refractivity contribution >= 4 is 17.3 Å². The Kier molecular flexibility index (Phi) is 4.62. The van der Waals surface area contributed by atoms with Gasteiger partial charge in [0, 0.05) is 13.1 Å². The number of urea groups is 1. The maximum absolute atomic E-state index is 12.4. The minimum atomic E-state index is -0.0992. The molecule has 0 spiro atoms. The highest BCUT2D eigenvalue weighted by Crippen LogP contribution is 2.25. The molecule has 1 heterocycles. The molecule has 0 aliphatic carbocycles. The molecule has 4 nitrogen and oxygen atoms in total. The first-order valence-electron chi connectivity index (χ1n) is 7.71. The lowest BCUT2D eigenvalue weighted by atomic mass is 10.00. The molecule has 0 radical (unpaired) electrons. The number of benzene rings is 2. The number of hydrogen-bond acceptors (Lipinski definition) is 2. The summed E-state index contributed by atoms with van der Waals surface area (Å²) in [5.74, 6) is 0.665. The van der Waals surface area contributed by atoms with Crippen LogP contribution >= 0.6 is 0 Å². The number of methoxy groups -OCH3 is 1. The Morgan fingerprint density at radius 1 is 1.09 bits per heavy atom. The molecule has 0 unspecified atom stereocenters. The molecule has 3 rings (SSSR count). The van der Waals surface area contributed by atoms with Crippen LogP contribution in [0.4, 0.5) is 10.5 Å². The number of para-hydroxylation sites is 2. The molecular weight excluding hydrogens is 288 g/mol. The topological polar surface area (TPSA) is 41.6 Å². The van der Waals surface area contributed by atoms with Gasteiger partial charge < -0.3 is 15.0 Å². The lowest BCUT2D eigenvalue weighted by molar-refractivity contribution is 0.217. The first kappa shape index (κ1) is 15.2. The first-order valence-corrected chi connectivity index (χ1v) is 7.71. The molecule has 0 aromatic heterocycles. The fourth-order valence-electron chi connectivity index (χ4n) is 2.71. The van der Waals surface area contributed by atoms with Gasteiger partial charge in [0.15, 0.2) is 0 Å². The molecule has 0 saturated heterocycles. The molecule has 118 valence electrons. The Balaban J connectivity index is 1.65. The van der Waals surface area contributed by atoms with Crippen molar-refractivity contribution in [2.24, 2.45) is 0 Å². The van der Waals surface area contributed by atoms with E-state index in [1.165, 1.54) is 11.1 Å². The average Bonchev–Trinajstić information content (AvgIpc) is 2.63. The first-order chi connectivity index (χ1) is 11.3. The summed E-state index contributed by atoms with van der Waals surface area (Å²) in [6.07, 6.45) is 2.99. The van der Waals surface area contributed by atoms with Gasteiger partial charge in [0.1, 0.15) is 5.75 Å². The molecule has 0 saturated carbocycles. The maximum atomic E-state index is 12.4. The van der Waals surface area contributed by atoms with Crippen LogP contribution in [0, 0.1) is 0 Å². The number of nitrogens with one attached hydrogen (secondary N) is 1. The van der Waals surface area contributed by atoms with E-state index in [4.69, 9.17) is 4.74 Å². The van der Waals surface area contributed by atoms with Gasteiger partial charge >= 0.3 is 6.03 Å². The monoisotopic (exact) mass is 308 g/mol. The number of amides is 2. The third-order valence-electron chi connectivity index (χ3n) is 3.99. The highest BCUT2D eigenvalue weighted by molar-refractivity contribution is 5.91. The molecule has 1 N–H and O–H groups in total. The van der Waals surface area contributed by atoms with Crippen molar-refractivity contribution in [2.45, 2.75) is 6.42 Å². The third-order valence-corrected chi connectivity index (χ3v) is 3.99. The summed E-state index contributed by atoms with van der Waals surface area (Å²) < 4.78 is 5.26. The van der Waals surface area contributed by atoms with E-state index in [2.05, 4.69) is 23.5 Å². The summed E-state index contributed by atoms with van der Waals surface area (Å²) >= 11 is 0. The van der Waals surface area contributed by atoms with E-state index >= 15 is 0 Å². The zero-order chi connectivity index (χ0) is 16.1. The van der Waals surface area contributed by atoms with Crippen LogP contribution < -0.4 is 10.1 Å².